The first-order valence-electron chi connectivity index (χ1n) is 8.48. The van der Waals surface area contributed by atoms with Crippen molar-refractivity contribution in [3.63, 3.8) is 0 Å². The normalized spacial score (nSPS) is 11.0. The zero-order valence-electron chi connectivity index (χ0n) is 16.2. The molecule has 0 fully saturated rings. The number of para-hydroxylation sites is 1. The molecular weight excluding hydrogens is 348 g/mol. The number of hydrogen-bond donors (Lipinski definition) is 0. The van der Waals surface area contributed by atoms with E-state index in [0.717, 1.165) is 0 Å². The fraction of sp³-hybridized carbons (Fsp3) is 0.350. The molecule has 0 radical (unpaired) electrons. The van der Waals surface area contributed by atoms with Crippen LogP contribution in [0.4, 0.5) is 5.69 Å². The summed E-state index contributed by atoms with van der Waals surface area (Å²) < 4.78 is 10.4. The van der Waals surface area contributed by atoms with Crippen LogP contribution in [0.15, 0.2) is 47.1 Å². The number of carbonyl (C=O) groups is 3. The maximum absolute atomic E-state index is 12.8. The molecule has 1 aromatic heterocycles. The predicted octanol–water partition coefficient (Wildman–Crippen LogP) is 2.97. The lowest BCUT2D eigenvalue weighted by molar-refractivity contribution is -0.155. The highest BCUT2D eigenvalue weighted by Gasteiger charge is 2.25. The minimum Gasteiger partial charge on any atom is -0.459 e. The van der Waals surface area contributed by atoms with Crippen LogP contribution in [-0.2, 0) is 9.53 Å². The first-order valence-corrected chi connectivity index (χ1v) is 8.48. The molecule has 0 bridgehead atoms. The molecule has 0 saturated heterocycles. The summed E-state index contributed by atoms with van der Waals surface area (Å²) in [5, 5.41) is 0. The molecule has 0 N–H and O–H groups in total. The Bertz CT molecular complexity index is 821. The van der Waals surface area contributed by atoms with E-state index in [1.165, 1.54) is 23.1 Å². The first-order chi connectivity index (χ1) is 12.6. The van der Waals surface area contributed by atoms with Crippen molar-refractivity contribution < 1.29 is 23.5 Å². The Balaban J connectivity index is 2.20. The number of hydrogen-bond acceptors (Lipinski definition) is 5. The van der Waals surface area contributed by atoms with E-state index in [-0.39, 0.29) is 18.2 Å². The van der Waals surface area contributed by atoms with Gasteiger partial charge in [0.1, 0.15) is 12.1 Å². The van der Waals surface area contributed by atoms with Crippen LogP contribution in [0.25, 0.3) is 0 Å². The Kier molecular flexibility index (Phi) is 6.05. The smallest absolute Gasteiger partial charge is 0.326 e. The highest BCUT2D eigenvalue weighted by Crippen LogP contribution is 2.22. The SMILES string of the molecule is CN(CC(=O)OC(C)(C)C)C(=O)c1ccccc1N(C)C(=O)c1ccco1. The minimum absolute atomic E-state index is 0.168. The number of nitrogens with zero attached hydrogens (tertiary/aromatic N) is 2. The second-order valence-corrected chi connectivity index (χ2v) is 7.11. The lowest BCUT2D eigenvalue weighted by Gasteiger charge is -2.24. The fourth-order valence-corrected chi connectivity index (χ4v) is 2.47. The van der Waals surface area contributed by atoms with E-state index in [4.69, 9.17) is 9.15 Å². The van der Waals surface area contributed by atoms with Gasteiger partial charge >= 0.3 is 5.97 Å². The molecule has 0 aliphatic rings. The molecular formula is C20H24N2O5. The van der Waals surface area contributed by atoms with Crippen LogP contribution in [0.2, 0.25) is 0 Å². The van der Waals surface area contributed by atoms with E-state index >= 15 is 0 Å². The summed E-state index contributed by atoms with van der Waals surface area (Å²) in [6.45, 7) is 5.09. The summed E-state index contributed by atoms with van der Waals surface area (Å²) in [5.41, 5.74) is 0.0834. The summed E-state index contributed by atoms with van der Waals surface area (Å²) in [4.78, 5) is 40.0. The summed E-state index contributed by atoms with van der Waals surface area (Å²) in [5.74, 6) is -1.11. The average molecular weight is 372 g/mol. The Labute approximate surface area is 158 Å². The average Bonchev–Trinajstić information content (AvgIpc) is 3.12. The van der Waals surface area contributed by atoms with Gasteiger partial charge in [0.15, 0.2) is 5.76 Å². The third kappa shape index (κ3) is 5.20. The van der Waals surface area contributed by atoms with Crippen LogP contribution in [0.1, 0.15) is 41.7 Å². The topological polar surface area (TPSA) is 80.1 Å². The number of anilines is 1. The van der Waals surface area contributed by atoms with Crippen molar-refractivity contribution in [2.45, 2.75) is 26.4 Å². The van der Waals surface area contributed by atoms with Crippen molar-refractivity contribution in [3.8, 4) is 0 Å². The Hall–Kier alpha value is -3.09. The van der Waals surface area contributed by atoms with Crippen LogP contribution in [0.3, 0.4) is 0 Å². The molecule has 7 heteroatoms. The van der Waals surface area contributed by atoms with Crippen LogP contribution >= 0.6 is 0 Å². The van der Waals surface area contributed by atoms with E-state index in [1.807, 2.05) is 0 Å². The number of carbonyl (C=O) groups excluding carboxylic acids is 3. The van der Waals surface area contributed by atoms with Gasteiger partial charge in [-0.2, -0.15) is 0 Å². The summed E-state index contributed by atoms with van der Waals surface area (Å²) in [7, 11) is 3.07. The molecule has 2 amide bonds. The second-order valence-electron chi connectivity index (χ2n) is 7.11. The Morgan fingerprint density at radius 3 is 2.26 bits per heavy atom. The maximum atomic E-state index is 12.8. The van der Waals surface area contributed by atoms with Gasteiger partial charge in [-0.05, 0) is 45.0 Å². The van der Waals surface area contributed by atoms with Gasteiger partial charge in [-0.25, -0.2) is 0 Å². The van der Waals surface area contributed by atoms with Crippen molar-refractivity contribution in [1.29, 1.82) is 0 Å². The van der Waals surface area contributed by atoms with Crippen molar-refractivity contribution in [3.05, 3.63) is 54.0 Å². The number of likely N-dealkylation sites (N-methyl/N-ethyl adjacent to an activating group) is 1. The quantitative estimate of drug-likeness (QED) is 0.754. The lowest BCUT2D eigenvalue weighted by atomic mass is 10.1. The first kappa shape index (κ1) is 20.2. The van der Waals surface area contributed by atoms with E-state index in [1.54, 1.807) is 64.2 Å². The minimum atomic E-state index is -0.630. The summed E-state index contributed by atoms with van der Waals surface area (Å²) in [6.07, 6.45) is 1.41. The summed E-state index contributed by atoms with van der Waals surface area (Å²) in [6, 6.07) is 9.87. The largest absolute Gasteiger partial charge is 0.459 e. The number of ether oxygens (including phenoxy) is 1. The zero-order chi connectivity index (χ0) is 20.2. The molecule has 2 rings (SSSR count). The monoisotopic (exact) mass is 372 g/mol. The van der Waals surface area contributed by atoms with Gasteiger partial charge in [0.2, 0.25) is 0 Å². The number of benzene rings is 1. The van der Waals surface area contributed by atoms with Gasteiger partial charge in [-0.3, -0.25) is 14.4 Å². The van der Waals surface area contributed by atoms with Gasteiger partial charge < -0.3 is 19.0 Å². The highest BCUT2D eigenvalue weighted by atomic mass is 16.6. The van der Waals surface area contributed by atoms with E-state index in [9.17, 15) is 14.4 Å². The predicted molar refractivity (Wildman–Crippen MR) is 101 cm³/mol. The van der Waals surface area contributed by atoms with Crippen molar-refractivity contribution in [2.75, 3.05) is 25.5 Å². The van der Waals surface area contributed by atoms with Crippen LogP contribution in [-0.4, -0.2) is 48.9 Å². The van der Waals surface area contributed by atoms with Gasteiger partial charge in [0.25, 0.3) is 11.8 Å². The molecule has 0 aliphatic carbocycles. The third-order valence-corrected chi connectivity index (χ3v) is 3.67. The van der Waals surface area contributed by atoms with Crippen LogP contribution in [0.5, 0.6) is 0 Å². The zero-order valence-corrected chi connectivity index (χ0v) is 16.2. The van der Waals surface area contributed by atoms with Crippen molar-refractivity contribution in [1.82, 2.24) is 4.90 Å². The van der Waals surface area contributed by atoms with Gasteiger partial charge in [0.05, 0.1) is 17.5 Å². The Morgan fingerprint density at radius 2 is 1.67 bits per heavy atom. The van der Waals surface area contributed by atoms with Crippen LogP contribution < -0.4 is 4.90 Å². The molecule has 0 atom stereocenters. The molecule has 1 heterocycles. The molecule has 144 valence electrons. The number of furan rings is 1. The van der Waals surface area contributed by atoms with Gasteiger partial charge in [-0.1, -0.05) is 12.1 Å². The molecule has 27 heavy (non-hydrogen) atoms. The maximum Gasteiger partial charge on any atom is 0.326 e. The lowest BCUT2D eigenvalue weighted by Crippen LogP contribution is -2.37. The van der Waals surface area contributed by atoms with Crippen molar-refractivity contribution >= 4 is 23.5 Å². The van der Waals surface area contributed by atoms with Crippen molar-refractivity contribution in [2.24, 2.45) is 0 Å². The fourth-order valence-electron chi connectivity index (χ4n) is 2.47. The number of rotatable bonds is 5. The van der Waals surface area contributed by atoms with E-state index in [2.05, 4.69) is 0 Å². The Morgan fingerprint density at radius 1 is 1.00 bits per heavy atom. The van der Waals surface area contributed by atoms with E-state index < -0.39 is 17.5 Å². The van der Waals surface area contributed by atoms with Crippen LogP contribution in [0, 0.1) is 0 Å². The molecule has 7 nitrogen and oxygen atoms in total. The van der Waals surface area contributed by atoms with E-state index in [0.29, 0.717) is 11.3 Å². The molecule has 0 saturated carbocycles. The second kappa shape index (κ2) is 8.07. The van der Waals surface area contributed by atoms with Gasteiger partial charge in [0, 0.05) is 14.1 Å². The molecule has 0 unspecified atom stereocenters. The number of amides is 2. The molecule has 2 aromatic rings. The molecule has 1 aromatic carbocycles. The van der Waals surface area contributed by atoms with Gasteiger partial charge in [-0.15, -0.1) is 0 Å². The summed E-state index contributed by atoms with van der Waals surface area (Å²) >= 11 is 0. The molecule has 0 spiro atoms. The molecule has 0 aliphatic heterocycles. The third-order valence-electron chi connectivity index (χ3n) is 3.67. The standard InChI is InChI=1S/C20H24N2O5/c1-20(2,3)27-17(23)13-21(4)18(24)14-9-6-7-10-15(14)22(5)19(25)16-11-8-12-26-16/h6-12H,13H2,1-5H3. The highest BCUT2D eigenvalue weighted by molar-refractivity contribution is 6.09. The number of esters is 1.